The number of likely N-dealkylation sites (N-methyl/N-ethyl adjacent to an activating group) is 4. The summed E-state index contributed by atoms with van der Waals surface area (Å²) in [4.78, 5) is 91.0. The van der Waals surface area contributed by atoms with E-state index in [-0.39, 0.29) is 37.9 Å². The minimum absolute atomic E-state index is 0.0108. The third-order valence-electron chi connectivity index (χ3n) is 16.9. The van der Waals surface area contributed by atoms with Crippen molar-refractivity contribution in [1.29, 1.82) is 0 Å². The van der Waals surface area contributed by atoms with Gasteiger partial charge in [-0.05, 0) is 100 Å². The molecular weight excluding hydrogens is 941 g/mol. The van der Waals surface area contributed by atoms with Crippen LogP contribution in [-0.4, -0.2) is 108 Å². The summed E-state index contributed by atoms with van der Waals surface area (Å²) in [5.41, 5.74) is -1.57. The summed E-state index contributed by atoms with van der Waals surface area (Å²) in [7, 11) is 6.68. The number of fused-ring (bicyclic) bond motifs is 14. The molecule has 0 saturated carbocycles. The maximum atomic E-state index is 14.4. The molecule has 12 rings (SSSR count). The van der Waals surface area contributed by atoms with E-state index < -0.39 is 56.9 Å². The van der Waals surface area contributed by atoms with Crippen LogP contribution in [0.5, 0.6) is 0 Å². The van der Waals surface area contributed by atoms with E-state index >= 15 is 0 Å². The number of ether oxygens (including phenoxy) is 2. The highest BCUT2D eigenvalue weighted by Gasteiger charge is 2.77. The molecule has 6 aromatic rings. The van der Waals surface area contributed by atoms with Crippen LogP contribution in [0.1, 0.15) is 82.6 Å². The maximum absolute atomic E-state index is 14.4. The van der Waals surface area contributed by atoms with Gasteiger partial charge in [-0.15, -0.1) is 0 Å². The van der Waals surface area contributed by atoms with Crippen molar-refractivity contribution in [2.45, 2.75) is 87.5 Å². The van der Waals surface area contributed by atoms with Crippen LogP contribution in [0.25, 0.3) is 0 Å². The largest absolute Gasteiger partial charge is 0.464 e. The third kappa shape index (κ3) is 5.38. The van der Waals surface area contributed by atoms with Gasteiger partial charge < -0.3 is 48.4 Å². The Hall–Kier alpha value is -7.82. The van der Waals surface area contributed by atoms with Crippen LogP contribution >= 0.6 is 0 Å². The van der Waals surface area contributed by atoms with Gasteiger partial charge in [-0.1, -0.05) is 71.8 Å². The fourth-order valence-electron chi connectivity index (χ4n) is 14.2. The number of benzene rings is 4. The van der Waals surface area contributed by atoms with E-state index in [0.29, 0.717) is 56.4 Å². The number of aliphatic hydroxyl groups is 2. The molecule has 0 aliphatic carbocycles. The van der Waals surface area contributed by atoms with Gasteiger partial charge in [0.2, 0.25) is 23.0 Å². The summed E-state index contributed by atoms with van der Waals surface area (Å²) in [5, 5.41) is 25.5. The van der Waals surface area contributed by atoms with E-state index in [1.54, 1.807) is 85.5 Å². The summed E-state index contributed by atoms with van der Waals surface area (Å²) in [6, 6.07) is 29.6. The predicted octanol–water partition coefficient (Wildman–Crippen LogP) is 5.57. The van der Waals surface area contributed by atoms with Crippen LogP contribution in [0.3, 0.4) is 0 Å². The second-order valence-corrected chi connectivity index (χ2v) is 20.7. The Bertz CT molecular complexity index is 3280. The Morgan fingerprint density at radius 3 is 1.23 bits per heavy atom. The van der Waals surface area contributed by atoms with Gasteiger partial charge in [0, 0.05) is 87.3 Å². The van der Waals surface area contributed by atoms with E-state index in [2.05, 4.69) is 0 Å². The van der Waals surface area contributed by atoms with Crippen LogP contribution in [0.2, 0.25) is 0 Å². The predicted molar refractivity (Wildman–Crippen MR) is 275 cm³/mol. The van der Waals surface area contributed by atoms with Crippen molar-refractivity contribution in [2.75, 3.05) is 61.0 Å². The number of carbonyl (C=O) groups is 6. The molecule has 2 aromatic heterocycles. The summed E-state index contributed by atoms with van der Waals surface area (Å²) < 4.78 is 14.3. The van der Waals surface area contributed by atoms with Gasteiger partial charge >= 0.3 is 11.9 Å². The van der Waals surface area contributed by atoms with E-state index in [9.17, 15) is 39.0 Å². The molecule has 4 spiro atoms. The first kappa shape index (κ1) is 48.4. The van der Waals surface area contributed by atoms with Crippen LogP contribution in [0.4, 0.5) is 22.7 Å². The monoisotopic (exact) mass is 998 g/mol. The Morgan fingerprint density at radius 2 is 0.865 bits per heavy atom. The zero-order valence-electron chi connectivity index (χ0n) is 43.1. The lowest BCUT2D eigenvalue weighted by Crippen LogP contribution is -2.71. The first-order valence-corrected chi connectivity index (χ1v) is 24.8. The summed E-state index contributed by atoms with van der Waals surface area (Å²) in [5.74, 6) is -3.31. The molecule has 0 unspecified atom stereocenters. The highest BCUT2D eigenvalue weighted by molar-refractivity contribution is 6.17. The minimum atomic E-state index is -2.39. The summed E-state index contributed by atoms with van der Waals surface area (Å²) in [6.45, 7) is 11.0. The maximum Gasteiger partial charge on any atom is 0.341 e. The van der Waals surface area contributed by atoms with Gasteiger partial charge in [-0.2, -0.15) is 0 Å². The fourth-order valence-corrected chi connectivity index (χ4v) is 14.2. The molecule has 0 bridgehead atoms. The molecule has 6 atom stereocenters. The van der Waals surface area contributed by atoms with Gasteiger partial charge in [0.05, 0.1) is 24.6 Å². The van der Waals surface area contributed by atoms with Crippen LogP contribution < -0.4 is 19.6 Å². The van der Waals surface area contributed by atoms with E-state index in [1.165, 1.54) is 9.80 Å². The average Bonchev–Trinajstić information content (AvgIpc) is 4.22. The standard InChI is InChI=1S/2C29H29N3O5/c2*1-6-37-26(35)28(36)16-27(19-10-7-8-11-21(19)30(4)24(27)33)22-12-9-13-32(22)29(28)20-15-17(2)14-18(3)23(20)31(5)25(29)34/h2*7-15,36H,6,16H2,1-5H3/t2*27-,28+,29-/m10/s1. The zero-order chi connectivity index (χ0) is 53.0. The van der Waals surface area contributed by atoms with Crippen molar-refractivity contribution in [3.05, 3.63) is 165 Å². The van der Waals surface area contributed by atoms with Crippen LogP contribution in [-0.2, 0) is 60.1 Å². The van der Waals surface area contributed by atoms with Crippen LogP contribution in [0, 0.1) is 27.7 Å². The molecule has 2 N–H and O–H groups in total. The van der Waals surface area contributed by atoms with Gasteiger partial charge in [-0.25, -0.2) is 9.59 Å². The first-order chi connectivity index (χ1) is 35.1. The molecule has 380 valence electrons. The molecule has 8 heterocycles. The molecule has 0 radical (unpaired) electrons. The number of hydrogen-bond donors (Lipinski definition) is 2. The molecule has 16 heteroatoms. The zero-order valence-corrected chi connectivity index (χ0v) is 43.1. The average molecular weight is 999 g/mol. The molecule has 0 saturated heterocycles. The number of para-hydroxylation sites is 2. The highest BCUT2D eigenvalue weighted by atomic mass is 16.6. The van der Waals surface area contributed by atoms with Crippen molar-refractivity contribution in [2.24, 2.45) is 0 Å². The van der Waals surface area contributed by atoms with Crippen molar-refractivity contribution < 1.29 is 48.5 Å². The van der Waals surface area contributed by atoms with Crippen molar-refractivity contribution in [3.8, 4) is 0 Å². The quantitative estimate of drug-likeness (QED) is 0.212. The lowest BCUT2D eigenvalue weighted by Gasteiger charge is -2.52. The molecule has 6 aliphatic rings. The molecule has 4 aromatic carbocycles. The van der Waals surface area contributed by atoms with Gasteiger partial charge in [0.1, 0.15) is 10.8 Å². The molecule has 0 fully saturated rings. The number of carbonyl (C=O) groups excluding carboxylic acids is 6. The Labute approximate surface area is 428 Å². The van der Waals surface area contributed by atoms with E-state index in [1.807, 2.05) is 113 Å². The number of amides is 4. The molecule has 6 aliphatic heterocycles. The van der Waals surface area contributed by atoms with Crippen molar-refractivity contribution in [1.82, 2.24) is 9.13 Å². The number of aryl methyl sites for hydroxylation is 4. The lowest BCUT2D eigenvalue weighted by molar-refractivity contribution is -0.185. The number of esters is 2. The summed E-state index contributed by atoms with van der Waals surface area (Å²) in [6.07, 6.45) is 2.70. The molecular formula is C58H58N6O10. The van der Waals surface area contributed by atoms with Gasteiger partial charge in [0.25, 0.3) is 11.8 Å². The van der Waals surface area contributed by atoms with Gasteiger partial charge in [-0.3, -0.25) is 19.2 Å². The number of aromatic nitrogens is 2. The second kappa shape index (κ2) is 15.8. The van der Waals surface area contributed by atoms with E-state index in [4.69, 9.17) is 9.47 Å². The molecule has 74 heavy (non-hydrogen) atoms. The Kier molecular flexibility index (Phi) is 10.4. The Balaban J connectivity index is 0.000000159. The number of anilines is 4. The van der Waals surface area contributed by atoms with Gasteiger partial charge in [0.15, 0.2) is 11.1 Å². The topological polar surface area (TPSA) is 184 Å². The molecule has 16 nitrogen and oxygen atoms in total. The fraction of sp³-hybridized carbons (Fsp3) is 0.345. The van der Waals surface area contributed by atoms with E-state index in [0.717, 1.165) is 22.3 Å². The molecule has 4 amide bonds. The number of nitrogens with zero attached hydrogens (tertiary/aromatic N) is 6. The smallest absolute Gasteiger partial charge is 0.341 e. The van der Waals surface area contributed by atoms with Crippen molar-refractivity contribution in [3.63, 3.8) is 0 Å². The summed E-state index contributed by atoms with van der Waals surface area (Å²) >= 11 is 0. The first-order valence-electron chi connectivity index (χ1n) is 24.8. The number of rotatable bonds is 4. The highest BCUT2D eigenvalue weighted by Crippen LogP contribution is 2.64. The number of hydrogen-bond acceptors (Lipinski definition) is 10. The minimum Gasteiger partial charge on any atom is -0.464 e. The second-order valence-electron chi connectivity index (χ2n) is 20.7. The van der Waals surface area contributed by atoms with Crippen molar-refractivity contribution >= 4 is 58.3 Å². The SMILES string of the molecule is CCOC(=O)[C@@]1(O)C[C@]2(C(=O)N(C)c3ccccc32)c2cccn2[C@]12C(=O)N(C)c1c(C)cc(C)cc12.CCOC(=O)[C@]1(O)C[C@@]2(C(=O)N(C)c3ccccc32)c2cccn2[C@@]12C(=O)N(C)c1c(C)cc(C)cc12. The normalized spacial score (nSPS) is 27.6. The lowest BCUT2D eigenvalue weighted by atomic mass is 9.59. The van der Waals surface area contributed by atoms with Crippen LogP contribution in [0.15, 0.2) is 109 Å². The third-order valence-corrected chi connectivity index (χ3v) is 16.9. The Morgan fingerprint density at radius 1 is 0.500 bits per heavy atom.